The molecule has 0 radical (unpaired) electrons. The Morgan fingerprint density at radius 3 is 1.64 bits per heavy atom. The zero-order valence-corrected chi connectivity index (χ0v) is 18.2. The lowest BCUT2D eigenvalue weighted by molar-refractivity contribution is 0.0732. The molecule has 0 heterocycles. The van der Waals surface area contributed by atoms with E-state index in [4.69, 9.17) is 0 Å². The molecule has 33 heavy (non-hydrogen) atoms. The molecule has 6 rings (SSSR count). The van der Waals surface area contributed by atoms with E-state index in [9.17, 15) is 4.79 Å². The molecule has 0 aliphatic carbocycles. The Balaban J connectivity index is 1.49. The fourth-order valence-corrected chi connectivity index (χ4v) is 4.90. The van der Waals surface area contributed by atoms with Crippen molar-refractivity contribution in [2.24, 2.45) is 0 Å². The van der Waals surface area contributed by atoms with Crippen LogP contribution in [0.1, 0.15) is 21.5 Å². The maximum Gasteiger partial charge on any atom is 0.255 e. The summed E-state index contributed by atoms with van der Waals surface area (Å²) >= 11 is 0. The fraction of sp³-hybridized carbons (Fsp3) is 0.0645. The lowest BCUT2D eigenvalue weighted by Crippen LogP contribution is -2.30. The van der Waals surface area contributed by atoms with Gasteiger partial charge < -0.3 is 4.90 Å². The van der Waals surface area contributed by atoms with Crippen LogP contribution < -0.4 is 0 Å². The molecule has 0 atom stereocenters. The Bertz CT molecular complexity index is 1510. The van der Waals surface area contributed by atoms with Gasteiger partial charge in [-0.3, -0.25) is 4.79 Å². The topological polar surface area (TPSA) is 20.3 Å². The molecule has 0 saturated carbocycles. The van der Waals surface area contributed by atoms with E-state index in [2.05, 4.69) is 72.8 Å². The van der Waals surface area contributed by atoms with Gasteiger partial charge in [-0.05, 0) is 49.5 Å². The normalized spacial score (nSPS) is 11.4. The Kier molecular flexibility index (Phi) is 4.77. The van der Waals surface area contributed by atoms with Crippen molar-refractivity contribution in [3.63, 3.8) is 0 Å². The van der Waals surface area contributed by atoms with Crippen LogP contribution in [-0.2, 0) is 13.1 Å². The van der Waals surface area contributed by atoms with Gasteiger partial charge >= 0.3 is 0 Å². The second-order valence-electron chi connectivity index (χ2n) is 8.60. The molecule has 0 aromatic heterocycles. The van der Waals surface area contributed by atoms with Crippen LogP contribution in [0.25, 0.3) is 32.3 Å². The molecule has 2 nitrogen and oxygen atoms in total. The lowest BCUT2D eigenvalue weighted by Gasteiger charge is -2.24. The third kappa shape index (κ3) is 3.50. The second kappa shape index (κ2) is 8.07. The van der Waals surface area contributed by atoms with Crippen LogP contribution in [0.4, 0.5) is 0 Å². The van der Waals surface area contributed by atoms with Gasteiger partial charge in [0.15, 0.2) is 0 Å². The van der Waals surface area contributed by atoms with Gasteiger partial charge in [-0.1, -0.05) is 109 Å². The van der Waals surface area contributed by atoms with Crippen molar-refractivity contribution in [1.82, 2.24) is 4.90 Å². The lowest BCUT2D eigenvalue weighted by atomic mass is 9.91. The molecule has 0 N–H and O–H groups in total. The summed E-state index contributed by atoms with van der Waals surface area (Å²) in [6.45, 7) is 1.13. The first-order valence-corrected chi connectivity index (χ1v) is 11.3. The number of benzene rings is 6. The minimum atomic E-state index is 0.0561. The Morgan fingerprint density at radius 2 is 1.03 bits per heavy atom. The maximum atomic E-state index is 14.0. The SMILES string of the molecule is O=C(c1ccc2ccc3cccc4ccc1c2c34)N(Cc1ccccc1)Cc1ccccc1. The zero-order chi connectivity index (χ0) is 22.2. The van der Waals surface area contributed by atoms with E-state index in [0.717, 1.165) is 22.1 Å². The number of rotatable bonds is 5. The first-order chi connectivity index (χ1) is 16.3. The van der Waals surface area contributed by atoms with Gasteiger partial charge in [-0.2, -0.15) is 0 Å². The van der Waals surface area contributed by atoms with Crippen molar-refractivity contribution in [3.05, 3.63) is 132 Å². The summed E-state index contributed by atoms with van der Waals surface area (Å²) in [6.07, 6.45) is 0. The van der Waals surface area contributed by atoms with Crippen LogP contribution in [0.2, 0.25) is 0 Å². The van der Waals surface area contributed by atoms with Crippen LogP contribution >= 0.6 is 0 Å². The van der Waals surface area contributed by atoms with Crippen LogP contribution in [0.3, 0.4) is 0 Å². The van der Waals surface area contributed by atoms with Crippen LogP contribution in [-0.4, -0.2) is 10.8 Å². The fourth-order valence-electron chi connectivity index (χ4n) is 4.90. The van der Waals surface area contributed by atoms with Gasteiger partial charge in [0.2, 0.25) is 0 Å². The summed E-state index contributed by atoms with van der Waals surface area (Å²) in [7, 11) is 0. The third-order valence-electron chi connectivity index (χ3n) is 6.48. The quantitative estimate of drug-likeness (QED) is 0.263. The van der Waals surface area contributed by atoms with Gasteiger partial charge in [-0.25, -0.2) is 0 Å². The first-order valence-electron chi connectivity index (χ1n) is 11.3. The standard InChI is InChI=1S/C31H23NO/c33-31(32(20-22-8-3-1-4-9-22)21-23-10-5-2-6-11-23)28-19-17-26-15-14-24-12-7-13-25-16-18-27(28)30(26)29(24)25/h1-19H,20-21H2. The second-order valence-corrected chi connectivity index (χ2v) is 8.60. The minimum absolute atomic E-state index is 0.0561. The Hall–Kier alpha value is -4.17. The molecule has 0 unspecified atom stereocenters. The highest BCUT2D eigenvalue weighted by atomic mass is 16.2. The van der Waals surface area contributed by atoms with Crippen molar-refractivity contribution in [3.8, 4) is 0 Å². The summed E-state index contributed by atoms with van der Waals surface area (Å²) in [5.74, 6) is 0.0561. The molecular weight excluding hydrogens is 402 g/mol. The molecule has 0 fully saturated rings. The highest BCUT2D eigenvalue weighted by Gasteiger charge is 2.21. The van der Waals surface area contributed by atoms with E-state index in [1.807, 2.05) is 47.4 Å². The van der Waals surface area contributed by atoms with E-state index in [1.54, 1.807) is 0 Å². The molecule has 0 aliphatic rings. The molecule has 1 amide bonds. The van der Waals surface area contributed by atoms with Gasteiger partial charge in [0.25, 0.3) is 5.91 Å². The number of carbonyl (C=O) groups is 1. The summed E-state index contributed by atoms with van der Waals surface area (Å²) in [4.78, 5) is 16.0. The molecule has 2 heteroatoms. The van der Waals surface area contributed by atoms with Crippen molar-refractivity contribution in [1.29, 1.82) is 0 Å². The van der Waals surface area contributed by atoms with E-state index in [1.165, 1.54) is 26.9 Å². The number of hydrogen-bond donors (Lipinski definition) is 0. The summed E-state index contributed by atoms with van der Waals surface area (Å²) in [5.41, 5.74) is 3.01. The van der Waals surface area contributed by atoms with Crippen molar-refractivity contribution in [2.45, 2.75) is 13.1 Å². The largest absolute Gasteiger partial charge is 0.330 e. The number of nitrogens with zero attached hydrogens (tertiary/aromatic N) is 1. The Morgan fingerprint density at radius 1 is 0.515 bits per heavy atom. The summed E-state index contributed by atoms with van der Waals surface area (Å²) in [6, 6.07) is 39.5. The molecule has 158 valence electrons. The molecule has 0 spiro atoms. The molecule has 0 bridgehead atoms. The van der Waals surface area contributed by atoms with Crippen molar-refractivity contribution in [2.75, 3.05) is 0 Å². The summed E-state index contributed by atoms with van der Waals surface area (Å²) in [5, 5.41) is 7.02. The van der Waals surface area contributed by atoms with Gasteiger partial charge in [0, 0.05) is 18.7 Å². The molecule has 6 aromatic carbocycles. The first kappa shape index (κ1) is 19.5. The van der Waals surface area contributed by atoms with E-state index < -0.39 is 0 Å². The average molecular weight is 426 g/mol. The number of hydrogen-bond acceptors (Lipinski definition) is 1. The summed E-state index contributed by atoms with van der Waals surface area (Å²) < 4.78 is 0. The van der Waals surface area contributed by atoms with Crippen molar-refractivity contribution < 1.29 is 4.79 Å². The highest BCUT2D eigenvalue weighted by Crippen LogP contribution is 2.36. The molecular formula is C31H23NO. The third-order valence-corrected chi connectivity index (χ3v) is 6.48. The monoisotopic (exact) mass is 425 g/mol. The minimum Gasteiger partial charge on any atom is -0.330 e. The predicted octanol–water partition coefficient (Wildman–Crippen LogP) is 7.43. The number of amides is 1. The zero-order valence-electron chi connectivity index (χ0n) is 18.2. The number of carbonyl (C=O) groups excluding carboxylic acids is 1. The Labute approximate surface area is 193 Å². The maximum absolute atomic E-state index is 14.0. The van der Waals surface area contributed by atoms with Gasteiger partial charge in [0.05, 0.1) is 0 Å². The average Bonchev–Trinajstić information content (AvgIpc) is 2.88. The van der Waals surface area contributed by atoms with Gasteiger partial charge in [0.1, 0.15) is 0 Å². The molecule has 6 aromatic rings. The molecule has 0 aliphatic heterocycles. The van der Waals surface area contributed by atoms with Crippen LogP contribution in [0.5, 0.6) is 0 Å². The van der Waals surface area contributed by atoms with Crippen LogP contribution in [0, 0.1) is 0 Å². The van der Waals surface area contributed by atoms with E-state index >= 15 is 0 Å². The van der Waals surface area contributed by atoms with Gasteiger partial charge in [-0.15, -0.1) is 0 Å². The van der Waals surface area contributed by atoms with Crippen molar-refractivity contribution >= 4 is 38.2 Å². The van der Waals surface area contributed by atoms with Crippen LogP contribution in [0.15, 0.2) is 115 Å². The molecule has 0 saturated heterocycles. The van der Waals surface area contributed by atoms with E-state index in [0.29, 0.717) is 13.1 Å². The predicted molar refractivity (Wildman–Crippen MR) is 137 cm³/mol. The smallest absolute Gasteiger partial charge is 0.255 e. The van der Waals surface area contributed by atoms with E-state index in [-0.39, 0.29) is 5.91 Å². The highest BCUT2D eigenvalue weighted by molar-refractivity contribution is 6.26.